The summed E-state index contributed by atoms with van der Waals surface area (Å²) in [7, 11) is -1.90. The van der Waals surface area contributed by atoms with E-state index in [-0.39, 0.29) is 0 Å². The highest BCUT2D eigenvalue weighted by Gasteiger charge is 2.14. The molecular weight excluding hydrogens is 309 g/mol. The van der Waals surface area contributed by atoms with Crippen LogP contribution in [0.4, 0.5) is 0 Å². The number of hydrogen-bond acceptors (Lipinski definition) is 2. The Morgan fingerprint density at radius 3 is 2.64 bits per heavy atom. The smallest absolute Gasteiger partial charge is 0.0568 e. The van der Waals surface area contributed by atoms with Crippen molar-refractivity contribution in [1.29, 1.82) is 0 Å². The molecule has 0 fully saturated rings. The third-order valence-corrected chi connectivity index (χ3v) is 5.34. The van der Waals surface area contributed by atoms with Gasteiger partial charge >= 0.3 is 0 Å². The summed E-state index contributed by atoms with van der Waals surface area (Å²) < 4.78 is 17.5. The first-order valence-electron chi connectivity index (χ1n) is 4.61. The fraction of sp³-hybridized carbons (Fsp3) is 0.400. The van der Waals surface area contributed by atoms with Gasteiger partial charge in [-0.2, -0.15) is 0 Å². The molecule has 2 nitrogen and oxygen atoms in total. The van der Waals surface area contributed by atoms with Crippen molar-refractivity contribution < 1.29 is 4.21 Å². The first kappa shape index (κ1) is 10.4. The first-order valence-corrected chi connectivity index (χ1v) is 7.54. The highest BCUT2D eigenvalue weighted by Crippen LogP contribution is 2.16. The van der Waals surface area contributed by atoms with Gasteiger partial charge < -0.3 is 0 Å². The van der Waals surface area contributed by atoms with Gasteiger partial charge in [-0.3, -0.25) is 0 Å². The van der Waals surface area contributed by atoms with Crippen molar-refractivity contribution in [3.8, 4) is 0 Å². The standard InChI is InChI=1S/C10H12INOS/c11-10-4-2-9(3-5-10)8-14(13)7-1-6-12-14/h2-5H,1,6-8H2. The Morgan fingerprint density at radius 1 is 1.36 bits per heavy atom. The summed E-state index contributed by atoms with van der Waals surface area (Å²) in [6.07, 6.45) is 0.989. The Balaban J connectivity index is 2.19. The van der Waals surface area contributed by atoms with E-state index in [9.17, 15) is 4.21 Å². The molecule has 2 rings (SSSR count). The second-order valence-corrected chi connectivity index (χ2v) is 7.20. The van der Waals surface area contributed by atoms with E-state index in [4.69, 9.17) is 0 Å². The molecule has 0 spiro atoms. The third-order valence-electron chi connectivity index (χ3n) is 2.25. The van der Waals surface area contributed by atoms with Crippen LogP contribution >= 0.6 is 22.6 Å². The molecule has 0 aromatic heterocycles. The van der Waals surface area contributed by atoms with Crippen LogP contribution in [-0.4, -0.2) is 16.5 Å². The number of nitrogens with zero attached hydrogens (tertiary/aromatic N) is 1. The summed E-state index contributed by atoms with van der Waals surface area (Å²) in [6, 6.07) is 8.19. The second-order valence-electron chi connectivity index (χ2n) is 3.45. The fourth-order valence-corrected chi connectivity index (χ4v) is 4.02. The molecule has 0 bridgehead atoms. The molecule has 0 radical (unpaired) electrons. The topological polar surface area (TPSA) is 29.4 Å². The lowest BCUT2D eigenvalue weighted by molar-refractivity contribution is 0.678. The van der Waals surface area contributed by atoms with E-state index < -0.39 is 9.73 Å². The van der Waals surface area contributed by atoms with E-state index in [1.807, 2.05) is 24.3 Å². The number of hydrogen-bond donors (Lipinski definition) is 0. The lowest BCUT2D eigenvalue weighted by Gasteiger charge is -2.03. The minimum atomic E-state index is -1.90. The number of benzene rings is 1. The van der Waals surface area contributed by atoms with Gasteiger partial charge in [-0.1, -0.05) is 12.1 Å². The van der Waals surface area contributed by atoms with Crippen molar-refractivity contribution in [3.05, 3.63) is 33.4 Å². The van der Waals surface area contributed by atoms with Crippen LogP contribution < -0.4 is 0 Å². The highest BCUT2D eigenvalue weighted by molar-refractivity contribution is 14.1. The van der Waals surface area contributed by atoms with Crippen molar-refractivity contribution in [1.82, 2.24) is 0 Å². The maximum Gasteiger partial charge on any atom is 0.0568 e. The predicted molar refractivity (Wildman–Crippen MR) is 67.8 cm³/mol. The molecule has 0 aliphatic carbocycles. The SMILES string of the molecule is O=S1(Cc2ccc(I)cc2)=NCCC1. The molecule has 1 aliphatic heterocycles. The minimum absolute atomic E-state index is 0.629. The average molecular weight is 321 g/mol. The summed E-state index contributed by atoms with van der Waals surface area (Å²) >= 11 is 2.27. The first-order chi connectivity index (χ1) is 6.68. The van der Waals surface area contributed by atoms with E-state index in [1.54, 1.807) is 0 Å². The van der Waals surface area contributed by atoms with Gasteiger partial charge in [-0.15, -0.1) is 0 Å². The van der Waals surface area contributed by atoms with Gasteiger partial charge in [0.2, 0.25) is 0 Å². The fourth-order valence-electron chi connectivity index (χ4n) is 1.54. The van der Waals surface area contributed by atoms with Crippen molar-refractivity contribution in [2.75, 3.05) is 12.3 Å². The molecule has 1 aromatic rings. The molecule has 4 heteroatoms. The van der Waals surface area contributed by atoms with E-state index in [1.165, 1.54) is 3.57 Å². The normalized spacial score (nSPS) is 26.1. The molecule has 1 aliphatic rings. The minimum Gasteiger partial charge on any atom is -0.249 e. The van der Waals surface area contributed by atoms with Crippen LogP contribution in [0.3, 0.4) is 0 Å². The number of halogens is 1. The van der Waals surface area contributed by atoms with E-state index in [2.05, 4.69) is 27.0 Å². The van der Waals surface area contributed by atoms with E-state index in [0.717, 1.165) is 24.3 Å². The number of rotatable bonds is 2. The summed E-state index contributed by atoms with van der Waals surface area (Å²) in [5.41, 5.74) is 1.14. The van der Waals surface area contributed by atoms with Gasteiger partial charge in [-0.05, 0) is 46.7 Å². The molecule has 1 atom stereocenters. The zero-order valence-electron chi connectivity index (χ0n) is 7.78. The van der Waals surface area contributed by atoms with Gasteiger partial charge in [0, 0.05) is 15.9 Å². The Bertz CT molecular complexity index is 432. The van der Waals surface area contributed by atoms with Crippen LogP contribution in [0.1, 0.15) is 12.0 Å². The Kier molecular flexibility index (Phi) is 3.11. The van der Waals surface area contributed by atoms with Crippen LogP contribution in [0.2, 0.25) is 0 Å². The second kappa shape index (κ2) is 4.18. The maximum atomic E-state index is 12.1. The quantitative estimate of drug-likeness (QED) is 0.770. The molecule has 0 saturated heterocycles. The largest absolute Gasteiger partial charge is 0.249 e. The monoisotopic (exact) mass is 321 g/mol. The summed E-state index contributed by atoms with van der Waals surface area (Å²) in [5, 5.41) is 0. The zero-order valence-corrected chi connectivity index (χ0v) is 10.8. The molecule has 0 amide bonds. The van der Waals surface area contributed by atoms with Crippen LogP contribution in [-0.2, 0) is 15.5 Å². The Morgan fingerprint density at radius 2 is 2.07 bits per heavy atom. The summed E-state index contributed by atoms with van der Waals surface area (Å²) in [4.78, 5) is 0. The predicted octanol–water partition coefficient (Wildman–Crippen LogP) is 2.66. The highest BCUT2D eigenvalue weighted by atomic mass is 127. The molecular formula is C10H12INOS. The van der Waals surface area contributed by atoms with Gasteiger partial charge in [0.1, 0.15) is 0 Å². The average Bonchev–Trinajstić information content (AvgIpc) is 2.57. The molecule has 1 aromatic carbocycles. The molecule has 0 N–H and O–H groups in total. The summed E-state index contributed by atoms with van der Waals surface area (Å²) in [5.74, 6) is 1.41. The van der Waals surface area contributed by atoms with Gasteiger partial charge in [-0.25, -0.2) is 8.57 Å². The van der Waals surface area contributed by atoms with Gasteiger partial charge in [0.15, 0.2) is 0 Å². The van der Waals surface area contributed by atoms with Crippen molar-refractivity contribution in [2.24, 2.45) is 4.36 Å². The molecule has 0 saturated carbocycles. The molecule has 1 heterocycles. The van der Waals surface area contributed by atoms with Crippen LogP contribution in [0.15, 0.2) is 28.6 Å². The lowest BCUT2D eigenvalue weighted by Crippen LogP contribution is -2.04. The molecule has 1 unspecified atom stereocenters. The van der Waals surface area contributed by atoms with Crippen LogP contribution in [0.5, 0.6) is 0 Å². The van der Waals surface area contributed by atoms with E-state index >= 15 is 0 Å². The van der Waals surface area contributed by atoms with Gasteiger partial charge in [0.25, 0.3) is 0 Å². The van der Waals surface area contributed by atoms with Crippen molar-refractivity contribution >= 4 is 32.3 Å². The van der Waals surface area contributed by atoms with Crippen molar-refractivity contribution in [2.45, 2.75) is 12.2 Å². The van der Waals surface area contributed by atoms with Crippen LogP contribution in [0, 0.1) is 3.57 Å². The Hall–Kier alpha value is -0.100. The molecule has 14 heavy (non-hydrogen) atoms. The maximum absolute atomic E-state index is 12.1. The van der Waals surface area contributed by atoms with Crippen molar-refractivity contribution in [3.63, 3.8) is 0 Å². The summed E-state index contributed by atoms with van der Waals surface area (Å²) in [6.45, 7) is 0.781. The molecule has 76 valence electrons. The van der Waals surface area contributed by atoms with Gasteiger partial charge in [0.05, 0.1) is 15.5 Å². The Labute approximate surface area is 98.4 Å². The zero-order chi connectivity index (χ0) is 10.0. The lowest BCUT2D eigenvalue weighted by atomic mass is 10.2. The van der Waals surface area contributed by atoms with Crippen LogP contribution in [0.25, 0.3) is 0 Å². The van der Waals surface area contributed by atoms with E-state index in [0.29, 0.717) is 5.75 Å². The third kappa shape index (κ3) is 2.48.